The number of nitrogens with one attached hydrogen (secondary N) is 2. The van der Waals surface area contributed by atoms with E-state index in [0.29, 0.717) is 25.2 Å². The van der Waals surface area contributed by atoms with Gasteiger partial charge in [-0.15, -0.1) is 0 Å². The van der Waals surface area contributed by atoms with E-state index < -0.39 is 5.41 Å². The van der Waals surface area contributed by atoms with Gasteiger partial charge in [0.15, 0.2) is 0 Å². The van der Waals surface area contributed by atoms with Crippen LogP contribution in [-0.4, -0.2) is 30.7 Å². The van der Waals surface area contributed by atoms with Gasteiger partial charge in [0.1, 0.15) is 11.3 Å². The molecular weight excluding hydrogens is 182 g/mol. The van der Waals surface area contributed by atoms with Gasteiger partial charge in [0, 0.05) is 0 Å². The minimum absolute atomic E-state index is 0.176. The number of amidine groups is 1. The van der Waals surface area contributed by atoms with Crippen molar-refractivity contribution in [1.82, 2.24) is 10.6 Å². The van der Waals surface area contributed by atoms with Crippen LogP contribution in [0.4, 0.5) is 0 Å². The first-order valence-corrected chi connectivity index (χ1v) is 4.83. The van der Waals surface area contributed by atoms with Crippen molar-refractivity contribution in [1.29, 1.82) is 0 Å². The van der Waals surface area contributed by atoms with Crippen LogP contribution in [0.1, 0.15) is 19.8 Å². The Kier molecular flexibility index (Phi) is 2.11. The molecule has 2 rings (SSSR count). The van der Waals surface area contributed by atoms with E-state index >= 15 is 0 Å². The van der Waals surface area contributed by atoms with Gasteiger partial charge in [0.25, 0.3) is 5.91 Å². The molecule has 2 amide bonds. The Labute approximate surface area is 82.0 Å². The molecule has 14 heavy (non-hydrogen) atoms. The lowest BCUT2D eigenvalue weighted by Crippen LogP contribution is -2.48. The number of hydrogen-bond acceptors (Lipinski definition) is 3. The van der Waals surface area contributed by atoms with Crippen LogP contribution in [0.15, 0.2) is 4.99 Å². The number of carbonyl (C=O) groups excluding carboxylic acids is 2. The highest BCUT2D eigenvalue weighted by Crippen LogP contribution is 2.48. The molecule has 0 radical (unpaired) electrons. The Morgan fingerprint density at radius 1 is 1.50 bits per heavy atom. The highest BCUT2D eigenvalue weighted by molar-refractivity contribution is 6.20. The van der Waals surface area contributed by atoms with Gasteiger partial charge >= 0.3 is 0 Å². The standard InChI is InChI=1S/C9H13N3O2/c1-2-10-5-6-11-7(13)9(3-4-9)8(14)12-6/h10H,2-5H2,1H3,(H,11,12,13,14). The summed E-state index contributed by atoms with van der Waals surface area (Å²) in [6, 6.07) is 0. The molecule has 76 valence electrons. The van der Waals surface area contributed by atoms with E-state index in [2.05, 4.69) is 15.6 Å². The highest BCUT2D eigenvalue weighted by Gasteiger charge is 2.58. The molecule has 0 unspecified atom stereocenters. The number of nitrogens with zero attached hydrogens (tertiary/aromatic N) is 1. The SMILES string of the molecule is CCNCC1=NC(=O)C2(CC2)C(=O)N1. The largest absolute Gasteiger partial charge is 0.312 e. The first kappa shape index (κ1) is 9.33. The molecule has 2 aliphatic rings. The lowest BCUT2D eigenvalue weighted by atomic mass is 10.0. The second-order valence-electron chi connectivity index (χ2n) is 3.68. The zero-order chi connectivity index (χ0) is 10.2. The van der Waals surface area contributed by atoms with Gasteiger partial charge < -0.3 is 10.6 Å². The van der Waals surface area contributed by atoms with Crippen molar-refractivity contribution >= 4 is 17.6 Å². The average Bonchev–Trinajstić information content (AvgIpc) is 2.92. The lowest BCUT2D eigenvalue weighted by molar-refractivity contribution is -0.135. The van der Waals surface area contributed by atoms with Crippen LogP contribution in [0.2, 0.25) is 0 Å². The second-order valence-corrected chi connectivity index (χ2v) is 3.68. The van der Waals surface area contributed by atoms with Crippen molar-refractivity contribution in [2.75, 3.05) is 13.1 Å². The molecule has 1 saturated carbocycles. The third-order valence-corrected chi connectivity index (χ3v) is 2.63. The number of hydrogen-bond donors (Lipinski definition) is 2. The van der Waals surface area contributed by atoms with Crippen molar-refractivity contribution in [3.8, 4) is 0 Å². The third kappa shape index (κ3) is 1.33. The van der Waals surface area contributed by atoms with E-state index in [1.54, 1.807) is 0 Å². The summed E-state index contributed by atoms with van der Waals surface area (Å²) in [5.41, 5.74) is -0.782. The van der Waals surface area contributed by atoms with Crippen molar-refractivity contribution in [2.45, 2.75) is 19.8 Å². The molecule has 0 saturated heterocycles. The Morgan fingerprint density at radius 2 is 2.21 bits per heavy atom. The lowest BCUT2D eigenvalue weighted by Gasteiger charge is -2.19. The van der Waals surface area contributed by atoms with Crippen molar-refractivity contribution in [2.24, 2.45) is 10.4 Å². The molecular formula is C9H13N3O2. The summed E-state index contributed by atoms with van der Waals surface area (Å²) >= 11 is 0. The first-order chi connectivity index (χ1) is 6.69. The average molecular weight is 195 g/mol. The molecule has 0 bridgehead atoms. The topological polar surface area (TPSA) is 70.6 Å². The van der Waals surface area contributed by atoms with Crippen molar-refractivity contribution in [3.63, 3.8) is 0 Å². The van der Waals surface area contributed by atoms with E-state index in [1.165, 1.54) is 0 Å². The van der Waals surface area contributed by atoms with E-state index in [-0.39, 0.29) is 11.8 Å². The zero-order valence-corrected chi connectivity index (χ0v) is 8.09. The number of likely N-dealkylation sites (N-methyl/N-ethyl adjacent to an activating group) is 1. The number of carbonyl (C=O) groups is 2. The summed E-state index contributed by atoms with van der Waals surface area (Å²) < 4.78 is 0. The number of amides is 2. The van der Waals surface area contributed by atoms with E-state index in [9.17, 15) is 9.59 Å². The highest BCUT2D eigenvalue weighted by atomic mass is 16.2. The van der Waals surface area contributed by atoms with Gasteiger partial charge in [0.2, 0.25) is 5.91 Å². The van der Waals surface area contributed by atoms with Crippen molar-refractivity contribution < 1.29 is 9.59 Å². The molecule has 1 fully saturated rings. The summed E-state index contributed by atoms with van der Waals surface area (Å²) in [6.45, 7) is 3.19. The van der Waals surface area contributed by atoms with Crippen LogP contribution < -0.4 is 10.6 Å². The van der Waals surface area contributed by atoms with Crippen LogP contribution >= 0.6 is 0 Å². The summed E-state index contributed by atoms with van der Waals surface area (Å²) in [6.07, 6.45) is 1.30. The Morgan fingerprint density at radius 3 is 2.71 bits per heavy atom. The monoisotopic (exact) mass is 195 g/mol. The number of rotatable bonds is 3. The van der Waals surface area contributed by atoms with Crippen LogP contribution in [0.3, 0.4) is 0 Å². The van der Waals surface area contributed by atoms with Gasteiger partial charge in [-0.3, -0.25) is 9.59 Å². The molecule has 5 heteroatoms. The van der Waals surface area contributed by atoms with E-state index in [1.807, 2.05) is 6.92 Å². The molecule has 1 spiro atoms. The molecule has 1 aliphatic heterocycles. The van der Waals surface area contributed by atoms with Crippen LogP contribution in [0, 0.1) is 5.41 Å². The van der Waals surface area contributed by atoms with E-state index in [0.717, 1.165) is 6.54 Å². The summed E-state index contributed by atoms with van der Waals surface area (Å²) in [4.78, 5) is 26.9. The maximum Gasteiger partial charge on any atom is 0.263 e. The van der Waals surface area contributed by atoms with Gasteiger partial charge in [-0.1, -0.05) is 6.92 Å². The van der Waals surface area contributed by atoms with Crippen LogP contribution in [0.5, 0.6) is 0 Å². The van der Waals surface area contributed by atoms with Gasteiger partial charge in [-0.25, -0.2) is 0 Å². The fourth-order valence-electron chi connectivity index (χ4n) is 1.50. The first-order valence-electron chi connectivity index (χ1n) is 4.83. The quantitative estimate of drug-likeness (QED) is 0.592. The molecule has 2 N–H and O–H groups in total. The molecule has 1 aliphatic carbocycles. The summed E-state index contributed by atoms with van der Waals surface area (Å²) in [7, 11) is 0. The third-order valence-electron chi connectivity index (χ3n) is 2.63. The van der Waals surface area contributed by atoms with Gasteiger partial charge in [-0.2, -0.15) is 4.99 Å². The van der Waals surface area contributed by atoms with E-state index in [4.69, 9.17) is 0 Å². The second kappa shape index (κ2) is 3.16. The van der Waals surface area contributed by atoms with Gasteiger partial charge in [0.05, 0.1) is 6.54 Å². The zero-order valence-electron chi connectivity index (χ0n) is 8.09. The van der Waals surface area contributed by atoms with Crippen molar-refractivity contribution in [3.05, 3.63) is 0 Å². The normalized spacial score (nSPS) is 23.4. The molecule has 0 atom stereocenters. The maximum absolute atomic E-state index is 11.5. The molecule has 5 nitrogen and oxygen atoms in total. The summed E-state index contributed by atoms with van der Waals surface area (Å²) in [5, 5.41) is 5.67. The van der Waals surface area contributed by atoms with Crippen LogP contribution in [-0.2, 0) is 9.59 Å². The molecule has 0 aromatic rings. The molecule has 1 heterocycles. The predicted molar refractivity (Wildman–Crippen MR) is 50.8 cm³/mol. The molecule has 0 aromatic carbocycles. The Balaban J connectivity index is 2.08. The van der Waals surface area contributed by atoms with Crippen LogP contribution in [0.25, 0.3) is 0 Å². The summed E-state index contributed by atoms with van der Waals surface area (Å²) in [5.74, 6) is -0.000990. The molecule has 0 aromatic heterocycles. The smallest absolute Gasteiger partial charge is 0.263 e. The minimum Gasteiger partial charge on any atom is -0.312 e. The Hall–Kier alpha value is -1.23. The predicted octanol–water partition coefficient (Wildman–Crippen LogP) is -0.569. The Bertz CT molecular complexity index is 318. The van der Waals surface area contributed by atoms with Gasteiger partial charge in [-0.05, 0) is 19.4 Å². The fraction of sp³-hybridized carbons (Fsp3) is 0.667. The minimum atomic E-state index is -0.782. The fourth-order valence-corrected chi connectivity index (χ4v) is 1.50. The number of aliphatic imine (C=N–C) groups is 1. The maximum atomic E-state index is 11.5.